The Kier molecular flexibility index (Phi) is 5.99. The van der Waals surface area contributed by atoms with Gasteiger partial charge in [0.05, 0.1) is 5.69 Å². The Balaban J connectivity index is 0.000000811. The normalized spacial score (nSPS) is 8.94. The average Bonchev–Trinajstić information content (AvgIpc) is 2.57. The second-order valence-electron chi connectivity index (χ2n) is 3.29. The highest BCUT2D eigenvalue weighted by Gasteiger charge is 2.05. The van der Waals surface area contributed by atoms with Crippen LogP contribution in [0.4, 0.5) is 0 Å². The van der Waals surface area contributed by atoms with Gasteiger partial charge in [0, 0.05) is 18.8 Å². The van der Waals surface area contributed by atoms with Crippen LogP contribution in [0.5, 0.6) is 0 Å². The lowest BCUT2D eigenvalue weighted by atomic mass is 10.3. The maximum absolute atomic E-state index is 11.6. The molecular formula is C13H21N3O. The molecule has 2 aromatic rings. The summed E-state index contributed by atoms with van der Waals surface area (Å²) >= 11 is 0. The molecule has 0 fully saturated rings. The molecule has 0 unspecified atom stereocenters. The predicted octanol–water partition coefficient (Wildman–Crippen LogP) is 1.70. The molecule has 1 aromatic carbocycles. The van der Waals surface area contributed by atoms with Crippen molar-refractivity contribution in [3.05, 3.63) is 52.4 Å². The molecule has 2 rings (SSSR count). The topological polar surface area (TPSA) is 53.0 Å². The molecule has 17 heavy (non-hydrogen) atoms. The summed E-state index contributed by atoms with van der Waals surface area (Å²) in [7, 11) is 3.38. The first-order valence-corrected chi connectivity index (χ1v) is 5.09. The van der Waals surface area contributed by atoms with Gasteiger partial charge in [0.2, 0.25) is 0 Å². The highest BCUT2D eigenvalue weighted by Crippen LogP contribution is 2.04. The van der Waals surface area contributed by atoms with E-state index in [0.29, 0.717) is 0 Å². The van der Waals surface area contributed by atoms with E-state index in [0.717, 1.165) is 11.4 Å². The molecule has 0 amide bonds. The summed E-state index contributed by atoms with van der Waals surface area (Å²) in [6.45, 7) is 1.92. The maximum Gasteiger partial charge on any atom is 0.271 e. The van der Waals surface area contributed by atoms with Crippen LogP contribution in [0.2, 0.25) is 0 Å². The number of benzene rings is 1. The van der Waals surface area contributed by atoms with Gasteiger partial charge in [-0.25, -0.2) is 4.68 Å². The number of hydrogen-bond acceptors (Lipinski definition) is 2. The minimum absolute atomic E-state index is 0. The lowest BCUT2D eigenvalue weighted by Gasteiger charge is -2.07. The summed E-state index contributed by atoms with van der Waals surface area (Å²) in [4.78, 5) is 11.6. The van der Waals surface area contributed by atoms with Gasteiger partial charge in [-0.05, 0) is 26.1 Å². The predicted molar refractivity (Wildman–Crippen MR) is 72.6 cm³/mol. The van der Waals surface area contributed by atoms with E-state index < -0.39 is 0 Å². The molecule has 4 nitrogen and oxygen atoms in total. The monoisotopic (exact) mass is 235 g/mol. The van der Waals surface area contributed by atoms with Gasteiger partial charge in [-0.2, -0.15) is 0 Å². The molecule has 0 spiro atoms. The van der Waals surface area contributed by atoms with Gasteiger partial charge in [0.25, 0.3) is 5.56 Å². The quantitative estimate of drug-likeness (QED) is 0.818. The Labute approximate surface area is 102 Å². The van der Waals surface area contributed by atoms with E-state index in [1.807, 2.05) is 49.0 Å². The molecular weight excluding hydrogens is 214 g/mol. The molecule has 0 saturated heterocycles. The molecule has 1 heterocycles. The third-order valence-corrected chi connectivity index (χ3v) is 2.35. The number of rotatable bonds is 1. The number of hydrogen-bond donors (Lipinski definition) is 1. The van der Waals surface area contributed by atoms with Gasteiger partial charge in [0.15, 0.2) is 0 Å². The zero-order valence-corrected chi connectivity index (χ0v) is 9.84. The van der Waals surface area contributed by atoms with Crippen LogP contribution >= 0.6 is 0 Å². The van der Waals surface area contributed by atoms with Gasteiger partial charge >= 0.3 is 0 Å². The van der Waals surface area contributed by atoms with Crippen molar-refractivity contribution in [3.63, 3.8) is 0 Å². The number of nitrogens with two attached hydrogens (primary N) is 1. The first kappa shape index (κ1) is 15.2. The molecule has 4 heteroatoms. The van der Waals surface area contributed by atoms with Crippen molar-refractivity contribution in [3.8, 4) is 5.69 Å². The Hall–Kier alpha value is -1.81. The largest absolute Gasteiger partial charge is 0.333 e. The summed E-state index contributed by atoms with van der Waals surface area (Å²) in [5.74, 6) is 0. The number of aryl methyl sites for hydroxylation is 1. The standard InChI is InChI=1S/C11H12N2O.CH5N.CH4/c1-9-8-11(14)13(12(9)2)10-6-4-3-5-7-10;1-2;/h3-8H,1-2H3;2H2,1H3;1H4. The SMILES string of the molecule is C.CN.Cc1cc(=O)n(-c2ccccc2)n1C. The smallest absolute Gasteiger partial charge is 0.271 e. The van der Waals surface area contributed by atoms with E-state index >= 15 is 0 Å². The summed E-state index contributed by atoms with van der Waals surface area (Å²) in [6, 6.07) is 11.2. The minimum Gasteiger partial charge on any atom is -0.333 e. The van der Waals surface area contributed by atoms with Gasteiger partial charge in [-0.1, -0.05) is 25.6 Å². The third-order valence-electron chi connectivity index (χ3n) is 2.35. The number of nitrogens with zero attached hydrogens (tertiary/aromatic N) is 2. The zero-order valence-electron chi connectivity index (χ0n) is 9.84. The van der Waals surface area contributed by atoms with Crippen molar-refractivity contribution in [2.24, 2.45) is 12.8 Å². The van der Waals surface area contributed by atoms with Crippen LogP contribution in [0.15, 0.2) is 41.2 Å². The molecule has 0 saturated carbocycles. The first-order valence-electron chi connectivity index (χ1n) is 5.09. The van der Waals surface area contributed by atoms with Crippen LogP contribution in [0.3, 0.4) is 0 Å². The molecule has 0 atom stereocenters. The van der Waals surface area contributed by atoms with Crippen molar-refractivity contribution < 1.29 is 0 Å². The van der Waals surface area contributed by atoms with Gasteiger partial charge in [0.1, 0.15) is 0 Å². The second kappa shape index (κ2) is 6.70. The lowest BCUT2D eigenvalue weighted by Crippen LogP contribution is -2.18. The minimum atomic E-state index is 0. The molecule has 0 aliphatic carbocycles. The van der Waals surface area contributed by atoms with E-state index in [2.05, 4.69) is 5.73 Å². The maximum atomic E-state index is 11.6. The lowest BCUT2D eigenvalue weighted by molar-refractivity contribution is 0.630. The van der Waals surface area contributed by atoms with Gasteiger partial charge < -0.3 is 5.73 Å². The average molecular weight is 235 g/mol. The Morgan fingerprint density at radius 2 is 1.65 bits per heavy atom. The van der Waals surface area contributed by atoms with E-state index in [9.17, 15) is 4.79 Å². The Morgan fingerprint density at radius 1 is 1.12 bits per heavy atom. The third kappa shape index (κ3) is 3.07. The van der Waals surface area contributed by atoms with Gasteiger partial charge in [-0.15, -0.1) is 0 Å². The highest BCUT2D eigenvalue weighted by atomic mass is 16.1. The second-order valence-corrected chi connectivity index (χ2v) is 3.29. The van der Waals surface area contributed by atoms with Crippen LogP contribution in [0, 0.1) is 6.92 Å². The molecule has 2 N–H and O–H groups in total. The summed E-state index contributed by atoms with van der Waals surface area (Å²) < 4.78 is 3.49. The van der Waals surface area contributed by atoms with Crippen molar-refractivity contribution in [2.45, 2.75) is 14.4 Å². The molecule has 0 aliphatic rings. The van der Waals surface area contributed by atoms with E-state index in [1.54, 1.807) is 10.7 Å². The highest BCUT2D eigenvalue weighted by molar-refractivity contribution is 5.30. The Morgan fingerprint density at radius 3 is 2.06 bits per heavy atom. The summed E-state index contributed by atoms with van der Waals surface area (Å²) in [6.07, 6.45) is 0. The van der Waals surface area contributed by atoms with Crippen LogP contribution in [0.1, 0.15) is 13.1 Å². The fourth-order valence-electron chi connectivity index (χ4n) is 1.51. The Bertz CT molecular complexity index is 497. The first-order chi connectivity index (χ1) is 7.70. The number of para-hydroxylation sites is 1. The molecule has 0 radical (unpaired) electrons. The van der Waals surface area contributed by atoms with Crippen molar-refractivity contribution in [2.75, 3.05) is 7.05 Å². The molecule has 0 bridgehead atoms. The van der Waals surface area contributed by atoms with Gasteiger partial charge in [-0.3, -0.25) is 9.48 Å². The van der Waals surface area contributed by atoms with E-state index in [1.165, 1.54) is 7.05 Å². The fourth-order valence-corrected chi connectivity index (χ4v) is 1.51. The van der Waals surface area contributed by atoms with Crippen LogP contribution in [-0.2, 0) is 7.05 Å². The van der Waals surface area contributed by atoms with E-state index in [-0.39, 0.29) is 13.0 Å². The van der Waals surface area contributed by atoms with Crippen LogP contribution < -0.4 is 11.3 Å². The van der Waals surface area contributed by atoms with Crippen LogP contribution in [0.25, 0.3) is 5.69 Å². The van der Waals surface area contributed by atoms with Crippen LogP contribution in [-0.4, -0.2) is 16.4 Å². The van der Waals surface area contributed by atoms with Crippen molar-refractivity contribution >= 4 is 0 Å². The fraction of sp³-hybridized carbons (Fsp3) is 0.308. The molecule has 94 valence electrons. The molecule has 1 aromatic heterocycles. The van der Waals surface area contributed by atoms with E-state index in [4.69, 9.17) is 0 Å². The number of aromatic nitrogens is 2. The summed E-state index contributed by atoms with van der Waals surface area (Å²) in [5.41, 5.74) is 6.36. The van der Waals surface area contributed by atoms with Crippen molar-refractivity contribution in [1.82, 2.24) is 9.36 Å². The zero-order chi connectivity index (χ0) is 12.1. The molecule has 0 aliphatic heterocycles. The summed E-state index contributed by atoms with van der Waals surface area (Å²) in [5, 5.41) is 0. The van der Waals surface area contributed by atoms with Crippen molar-refractivity contribution in [1.29, 1.82) is 0 Å².